The number of para-hydroxylation sites is 2. The minimum Gasteiger partial charge on any atom is -0.493 e. The number of halogens is 1. The summed E-state index contributed by atoms with van der Waals surface area (Å²) < 4.78 is 10.7. The van der Waals surface area contributed by atoms with Gasteiger partial charge in [-0.2, -0.15) is 0 Å². The van der Waals surface area contributed by atoms with E-state index in [9.17, 15) is 4.79 Å². The van der Waals surface area contributed by atoms with E-state index in [0.29, 0.717) is 22.2 Å². The maximum Gasteiger partial charge on any atom is 0.262 e. The van der Waals surface area contributed by atoms with Crippen LogP contribution in [0.5, 0.6) is 11.5 Å². The molecule has 1 N–H and O–H groups in total. The third kappa shape index (κ3) is 4.37. The van der Waals surface area contributed by atoms with Crippen molar-refractivity contribution in [1.82, 2.24) is 0 Å². The van der Waals surface area contributed by atoms with E-state index in [2.05, 4.69) is 10.2 Å². The Morgan fingerprint density at radius 2 is 1.88 bits per heavy atom. The van der Waals surface area contributed by atoms with Crippen LogP contribution in [0.2, 0.25) is 5.02 Å². The van der Waals surface area contributed by atoms with Gasteiger partial charge in [-0.3, -0.25) is 4.79 Å². The molecular formula is C19H21ClN2O3. The lowest BCUT2D eigenvalue weighted by molar-refractivity contribution is -0.118. The van der Waals surface area contributed by atoms with Crippen molar-refractivity contribution in [3.05, 3.63) is 47.5 Å². The first-order valence-corrected chi connectivity index (χ1v) is 8.65. The molecule has 0 aromatic heterocycles. The number of rotatable bonds is 6. The summed E-state index contributed by atoms with van der Waals surface area (Å²) in [5.74, 6) is 0.841. The van der Waals surface area contributed by atoms with Crippen LogP contribution in [0.3, 0.4) is 0 Å². The van der Waals surface area contributed by atoms with Gasteiger partial charge in [0.05, 0.1) is 17.8 Å². The zero-order valence-corrected chi connectivity index (χ0v) is 14.9. The molecular weight excluding hydrogens is 340 g/mol. The number of hydrogen-bond acceptors (Lipinski definition) is 4. The average Bonchev–Trinajstić information content (AvgIpc) is 3.16. The maximum atomic E-state index is 12.2. The van der Waals surface area contributed by atoms with Gasteiger partial charge in [-0.15, -0.1) is 0 Å². The van der Waals surface area contributed by atoms with E-state index in [0.717, 1.165) is 18.8 Å². The summed E-state index contributed by atoms with van der Waals surface area (Å²) in [5.41, 5.74) is 1.67. The van der Waals surface area contributed by atoms with Gasteiger partial charge in [0.15, 0.2) is 18.1 Å². The highest BCUT2D eigenvalue weighted by molar-refractivity contribution is 6.33. The summed E-state index contributed by atoms with van der Waals surface area (Å²) in [6.07, 6.45) is 2.38. The summed E-state index contributed by atoms with van der Waals surface area (Å²) in [7, 11) is 1.56. The van der Waals surface area contributed by atoms with Crippen LogP contribution in [0, 0.1) is 0 Å². The molecule has 0 saturated carbocycles. The van der Waals surface area contributed by atoms with Crippen molar-refractivity contribution >= 4 is 28.9 Å². The van der Waals surface area contributed by atoms with Crippen LogP contribution in [-0.2, 0) is 4.79 Å². The van der Waals surface area contributed by atoms with Crippen LogP contribution in [0.4, 0.5) is 11.4 Å². The van der Waals surface area contributed by atoms with E-state index in [1.807, 2.05) is 30.3 Å². The Hall–Kier alpha value is -2.40. The van der Waals surface area contributed by atoms with E-state index in [1.54, 1.807) is 19.2 Å². The minimum atomic E-state index is -0.272. The quantitative estimate of drug-likeness (QED) is 0.847. The molecule has 0 bridgehead atoms. The third-order valence-electron chi connectivity index (χ3n) is 4.12. The lowest BCUT2D eigenvalue weighted by Gasteiger charge is -2.19. The number of methoxy groups -OCH3 is 1. The van der Waals surface area contributed by atoms with Gasteiger partial charge < -0.3 is 19.7 Å². The highest BCUT2D eigenvalue weighted by Gasteiger charge is 2.15. The van der Waals surface area contributed by atoms with Crippen LogP contribution >= 0.6 is 11.6 Å². The van der Waals surface area contributed by atoms with Crippen molar-refractivity contribution in [2.75, 3.05) is 37.0 Å². The van der Waals surface area contributed by atoms with Gasteiger partial charge in [-0.1, -0.05) is 23.7 Å². The second-order valence-electron chi connectivity index (χ2n) is 5.85. The summed E-state index contributed by atoms with van der Waals surface area (Å²) >= 11 is 6.22. The predicted octanol–water partition coefficient (Wildman–Crippen LogP) is 3.97. The average molecular weight is 361 g/mol. The fourth-order valence-corrected chi connectivity index (χ4v) is 3.01. The standard InChI is InChI=1S/C19H21ClN2O3/c1-24-17-6-2-3-7-18(17)25-13-19(23)21-16-12-14(8-9-15(16)20)22-10-4-5-11-22/h2-3,6-9,12H,4-5,10-11,13H2,1H3,(H,21,23). The Morgan fingerprint density at radius 3 is 2.60 bits per heavy atom. The van der Waals surface area contributed by atoms with Crippen molar-refractivity contribution in [3.8, 4) is 11.5 Å². The number of benzene rings is 2. The Morgan fingerprint density at radius 1 is 1.16 bits per heavy atom. The van der Waals surface area contributed by atoms with Crippen molar-refractivity contribution in [2.45, 2.75) is 12.8 Å². The van der Waals surface area contributed by atoms with Gasteiger partial charge in [0.2, 0.25) is 0 Å². The molecule has 0 aliphatic carbocycles. The minimum absolute atomic E-state index is 0.120. The van der Waals surface area contributed by atoms with Crippen LogP contribution < -0.4 is 19.7 Å². The number of ether oxygens (including phenoxy) is 2. The fraction of sp³-hybridized carbons (Fsp3) is 0.316. The molecule has 1 fully saturated rings. The van der Waals surface area contributed by atoms with Crippen molar-refractivity contribution in [2.24, 2.45) is 0 Å². The monoisotopic (exact) mass is 360 g/mol. The Kier molecular flexibility index (Phi) is 5.66. The molecule has 0 radical (unpaired) electrons. The molecule has 1 aliphatic rings. The normalized spacial score (nSPS) is 13.6. The van der Waals surface area contributed by atoms with Crippen LogP contribution in [0.15, 0.2) is 42.5 Å². The number of carbonyl (C=O) groups is 1. The van der Waals surface area contributed by atoms with Crippen LogP contribution in [-0.4, -0.2) is 32.7 Å². The van der Waals surface area contributed by atoms with Crippen LogP contribution in [0.25, 0.3) is 0 Å². The smallest absolute Gasteiger partial charge is 0.262 e. The number of carbonyl (C=O) groups excluding carboxylic acids is 1. The van der Waals surface area contributed by atoms with Gasteiger partial charge in [0, 0.05) is 18.8 Å². The largest absolute Gasteiger partial charge is 0.493 e. The molecule has 0 atom stereocenters. The van der Waals surface area contributed by atoms with Gasteiger partial charge in [-0.25, -0.2) is 0 Å². The molecule has 6 heteroatoms. The van der Waals surface area contributed by atoms with Gasteiger partial charge in [0.25, 0.3) is 5.91 Å². The highest BCUT2D eigenvalue weighted by Crippen LogP contribution is 2.30. The first-order chi connectivity index (χ1) is 12.2. The van der Waals surface area contributed by atoms with Crippen molar-refractivity contribution in [3.63, 3.8) is 0 Å². The van der Waals surface area contributed by atoms with Gasteiger partial charge in [0.1, 0.15) is 0 Å². The van der Waals surface area contributed by atoms with E-state index in [1.165, 1.54) is 12.8 Å². The van der Waals surface area contributed by atoms with Crippen molar-refractivity contribution < 1.29 is 14.3 Å². The number of anilines is 2. The summed E-state index contributed by atoms with van der Waals surface area (Å²) in [6.45, 7) is 1.95. The molecule has 25 heavy (non-hydrogen) atoms. The molecule has 1 saturated heterocycles. The van der Waals surface area contributed by atoms with E-state index >= 15 is 0 Å². The molecule has 2 aromatic carbocycles. The third-order valence-corrected chi connectivity index (χ3v) is 4.45. The Balaban J connectivity index is 1.63. The fourth-order valence-electron chi connectivity index (χ4n) is 2.85. The molecule has 0 unspecified atom stereocenters. The zero-order chi connectivity index (χ0) is 17.6. The molecule has 0 spiro atoms. The number of nitrogens with zero attached hydrogens (tertiary/aromatic N) is 1. The Bertz CT molecular complexity index is 745. The lowest BCUT2D eigenvalue weighted by atomic mass is 10.2. The SMILES string of the molecule is COc1ccccc1OCC(=O)Nc1cc(N2CCCC2)ccc1Cl. The first kappa shape index (κ1) is 17.4. The van der Waals surface area contributed by atoms with Crippen LogP contribution in [0.1, 0.15) is 12.8 Å². The molecule has 1 heterocycles. The molecule has 1 aliphatic heterocycles. The number of hydrogen-bond donors (Lipinski definition) is 1. The highest BCUT2D eigenvalue weighted by atomic mass is 35.5. The second-order valence-corrected chi connectivity index (χ2v) is 6.25. The maximum absolute atomic E-state index is 12.2. The molecule has 2 aromatic rings. The summed E-state index contributed by atoms with van der Waals surface area (Å²) in [6, 6.07) is 12.9. The lowest BCUT2D eigenvalue weighted by Crippen LogP contribution is -2.21. The summed E-state index contributed by atoms with van der Waals surface area (Å²) in [4.78, 5) is 14.5. The predicted molar refractivity (Wildman–Crippen MR) is 100 cm³/mol. The van der Waals surface area contributed by atoms with Crippen molar-refractivity contribution in [1.29, 1.82) is 0 Å². The molecule has 132 valence electrons. The number of amides is 1. The number of nitrogens with one attached hydrogen (secondary N) is 1. The zero-order valence-electron chi connectivity index (χ0n) is 14.1. The molecule has 1 amide bonds. The molecule has 3 rings (SSSR count). The second kappa shape index (κ2) is 8.12. The van der Waals surface area contributed by atoms with E-state index in [-0.39, 0.29) is 12.5 Å². The van der Waals surface area contributed by atoms with Gasteiger partial charge >= 0.3 is 0 Å². The summed E-state index contributed by atoms with van der Waals surface area (Å²) in [5, 5.41) is 3.33. The van der Waals surface area contributed by atoms with E-state index < -0.39 is 0 Å². The molecule has 5 nitrogen and oxygen atoms in total. The van der Waals surface area contributed by atoms with E-state index in [4.69, 9.17) is 21.1 Å². The first-order valence-electron chi connectivity index (χ1n) is 8.27. The topological polar surface area (TPSA) is 50.8 Å². The Labute approximate surface area is 152 Å². The van der Waals surface area contributed by atoms with Gasteiger partial charge in [-0.05, 0) is 43.2 Å².